The van der Waals surface area contributed by atoms with Crippen molar-refractivity contribution in [1.82, 2.24) is 14.9 Å². The van der Waals surface area contributed by atoms with E-state index >= 15 is 0 Å². The zero-order chi connectivity index (χ0) is 24.2. The van der Waals surface area contributed by atoms with Crippen LogP contribution in [0.25, 0.3) is 0 Å². The summed E-state index contributed by atoms with van der Waals surface area (Å²) in [7, 11) is -3.78. The first-order valence-corrected chi connectivity index (χ1v) is 11.8. The number of halogens is 3. The fourth-order valence-corrected chi connectivity index (χ4v) is 5.12. The minimum atomic E-state index is -3.78. The first-order chi connectivity index (χ1) is 15.6. The van der Waals surface area contributed by atoms with E-state index in [9.17, 15) is 31.2 Å². The van der Waals surface area contributed by atoms with Crippen LogP contribution < -0.4 is 10.6 Å². The fraction of sp³-hybridized carbons (Fsp3) is 0.364. The van der Waals surface area contributed by atoms with Gasteiger partial charge in [0.05, 0.1) is 4.90 Å². The standard InChI is InChI=1S/C22H24F3N3O4S/c1-14(29)26-21(13-15-2-7-19(24)20(25)12-15)22(30)27-17-8-10-28(11-9-17)33(31,32)18-5-3-16(23)4-6-18/h2-7,12,17,21H,8-11,13H2,1H3,(H,26,29)(H,27,30)/t21-/m0/s1. The van der Waals surface area contributed by atoms with Crippen molar-refractivity contribution >= 4 is 21.8 Å². The van der Waals surface area contributed by atoms with Gasteiger partial charge in [-0.25, -0.2) is 21.6 Å². The van der Waals surface area contributed by atoms with Gasteiger partial charge in [0.1, 0.15) is 11.9 Å². The molecule has 0 radical (unpaired) electrons. The van der Waals surface area contributed by atoms with Crippen molar-refractivity contribution in [3.05, 3.63) is 65.5 Å². The Labute approximate surface area is 190 Å². The van der Waals surface area contributed by atoms with Crippen LogP contribution in [0.5, 0.6) is 0 Å². The third kappa shape index (κ3) is 6.32. The number of nitrogens with one attached hydrogen (secondary N) is 2. The molecule has 0 unspecified atom stereocenters. The van der Waals surface area contributed by atoms with Gasteiger partial charge in [-0.2, -0.15) is 4.31 Å². The van der Waals surface area contributed by atoms with E-state index in [0.29, 0.717) is 18.4 Å². The van der Waals surface area contributed by atoms with Crippen LogP contribution in [0.15, 0.2) is 47.4 Å². The van der Waals surface area contributed by atoms with Gasteiger partial charge in [0.25, 0.3) is 0 Å². The van der Waals surface area contributed by atoms with E-state index in [-0.39, 0.29) is 30.4 Å². The van der Waals surface area contributed by atoms with Crippen LogP contribution in [0.3, 0.4) is 0 Å². The molecule has 2 aromatic rings. The molecule has 1 aliphatic rings. The molecule has 3 rings (SSSR count). The van der Waals surface area contributed by atoms with Crippen molar-refractivity contribution in [2.45, 2.75) is 43.2 Å². The zero-order valence-electron chi connectivity index (χ0n) is 17.9. The van der Waals surface area contributed by atoms with E-state index in [0.717, 1.165) is 24.3 Å². The van der Waals surface area contributed by atoms with Crippen LogP contribution in [-0.2, 0) is 26.0 Å². The summed E-state index contributed by atoms with van der Waals surface area (Å²) in [5.41, 5.74) is 0.336. The third-order valence-corrected chi connectivity index (χ3v) is 7.28. The molecule has 0 aliphatic carbocycles. The van der Waals surface area contributed by atoms with E-state index in [1.165, 1.54) is 29.4 Å². The van der Waals surface area contributed by atoms with Gasteiger partial charge in [0, 0.05) is 32.5 Å². The smallest absolute Gasteiger partial charge is 0.243 e. The predicted molar refractivity (Wildman–Crippen MR) is 114 cm³/mol. The summed E-state index contributed by atoms with van der Waals surface area (Å²) in [6, 6.07) is 6.47. The molecule has 0 aromatic heterocycles. The lowest BCUT2D eigenvalue weighted by atomic mass is 10.0. The number of piperidine rings is 1. The summed E-state index contributed by atoms with van der Waals surface area (Å²) in [5.74, 6) is -3.56. The van der Waals surface area contributed by atoms with E-state index in [2.05, 4.69) is 10.6 Å². The summed E-state index contributed by atoms with van der Waals surface area (Å²) in [4.78, 5) is 24.3. The minimum Gasteiger partial charge on any atom is -0.351 e. The summed E-state index contributed by atoms with van der Waals surface area (Å²) in [6.45, 7) is 1.54. The molecule has 178 valence electrons. The molecule has 11 heteroatoms. The Hall–Kier alpha value is -2.92. The van der Waals surface area contributed by atoms with Gasteiger partial charge in [-0.15, -0.1) is 0 Å². The zero-order valence-corrected chi connectivity index (χ0v) is 18.7. The van der Waals surface area contributed by atoms with Gasteiger partial charge in [0.15, 0.2) is 11.6 Å². The van der Waals surface area contributed by atoms with Gasteiger partial charge in [-0.3, -0.25) is 9.59 Å². The van der Waals surface area contributed by atoms with Crippen molar-refractivity contribution in [3.8, 4) is 0 Å². The molecule has 7 nitrogen and oxygen atoms in total. The molecule has 1 aliphatic heterocycles. The lowest BCUT2D eigenvalue weighted by Crippen LogP contribution is -2.53. The maximum atomic E-state index is 13.5. The number of carbonyl (C=O) groups is 2. The second kappa shape index (κ2) is 10.3. The van der Waals surface area contributed by atoms with Gasteiger partial charge in [-0.1, -0.05) is 6.07 Å². The lowest BCUT2D eigenvalue weighted by molar-refractivity contribution is -0.128. The third-order valence-electron chi connectivity index (χ3n) is 5.37. The van der Waals surface area contributed by atoms with E-state index in [1.807, 2.05) is 0 Å². The predicted octanol–water partition coefficient (Wildman–Crippen LogP) is 2.12. The normalized spacial score (nSPS) is 16.2. The van der Waals surface area contributed by atoms with E-state index < -0.39 is 45.3 Å². The van der Waals surface area contributed by atoms with Gasteiger partial charge in [-0.05, 0) is 54.8 Å². The molecule has 1 saturated heterocycles. The molecule has 33 heavy (non-hydrogen) atoms. The molecule has 0 bridgehead atoms. The molecule has 1 atom stereocenters. The number of nitrogens with zero attached hydrogens (tertiary/aromatic N) is 1. The topological polar surface area (TPSA) is 95.6 Å². The van der Waals surface area contributed by atoms with Gasteiger partial charge < -0.3 is 10.6 Å². The Bertz CT molecular complexity index is 1120. The molecular formula is C22H24F3N3O4S. The van der Waals surface area contributed by atoms with E-state index in [4.69, 9.17) is 0 Å². The molecule has 1 heterocycles. The molecule has 0 spiro atoms. The minimum absolute atomic E-state index is 0.0105. The van der Waals surface area contributed by atoms with Crippen LogP contribution in [0.4, 0.5) is 13.2 Å². The van der Waals surface area contributed by atoms with Crippen molar-refractivity contribution in [2.24, 2.45) is 0 Å². The number of amides is 2. The van der Waals surface area contributed by atoms with Crippen LogP contribution in [0, 0.1) is 17.5 Å². The monoisotopic (exact) mass is 483 g/mol. The summed E-state index contributed by atoms with van der Waals surface area (Å²) < 4.78 is 66.5. The molecule has 2 N–H and O–H groups in total. The highest BCUT2D eigenvalue weighted by molar-refractivity contribution is 7.89. The number of hydrogen-bond acceptors (Lipinski definition) is 4. The largest absolute Gasteiger partial charge is 0.351 e. The van der Waals surface area contributed by atoms with Crippen molar-refractivity contribution in [2.75, 3.05) is 13.1 Å². The Kier molecular flexibility index (Phi) is 7.75. The van der Waals surface area contributed by atoms with Crippen molar-refractivity contribution < 1.29 is 31.2 Å². The van der Waals surface area contributed by atoms with Gasteiger partial charge >= 0.3 is 0 Å². The highest BCUT2D eigenvalue weighted by Crippen LogP contribution is 2.21. The Morgan fingerprint density at radius 1 is 1.03 bits per heavy atom. The highest BCUT2D eigenvalue weighted by atomic mass is 32.2. The quantitative estimate of drug-likeness (QED) is 0.631. The summed E-state index contributed by atoms with van der Waals surface area (Å²) in [6.07, 6.45) is 0.634. The molecule has 1 fully saturated rings. The summed E-state index contributed by atoms with van der Waals surface area (Å²) >= 11 is 0. The van der Waals surface area contributed by atoms with Crippen LogP contribution in [0.2, 0.25) is 0 Å². The second-order valence-corrected chi connectivity index (χ2v) is 9.78. The maximum absolute atomic E-state index is 13.5. The molecular weight excluding hydrogens is 459 g/mol. The Balaban J connectivity index is 1.61. The maximum Gasteiger partial charge on any atom is 0.243 e. The first kappa shape index (κ1) is 24.7. The van der Waals surface area contributed by atoms with Crippen LogP contribution >= 0.6 is 0 Å². The number of benzene rings is 2. The SMILES string of the molecule is CC(=O)N[C@@H](Cc1ccc(F)c(F)c1)C(=O)NC1CCN(S(=O)(=O)c2ccc(F)cc2)CC1. The first-order valence-electron chi connectivity index (χ1n) is 10.3. The molecule has 0 saturated carbocycles. The average Bonchev–Trinajstić information content (AvgIpc) is 2.76. The molecule has 2 aromatic carbocycles. The van der Waals surface area contributed by atoms with Crippen molar-refractivity contribution in [3.63, 3.8) is 0 Å². The van der Waals surface area contributed by atoms with Gasteiger partial charge in [0.2, 0.25) is 21.8 Å². The lowest BCUT2D eigenvalue weighted by Gasteiger charge is -2.32. The van der Waals surface area contributed by atoms with Crippen LogP contribution in [-0.4, -0.2) is 49.7 Å². The Morgan fingerprint density at radius 3 is 2.24 bits per heavy atom. The fourth-order valence-electron chi connectivity index (χ4n) is 3.65. The van der Waals surface area contributed by atoms with Crippen molar-refractivity contribution in [1.29, 1.82) is 0 Å². The number of hydrogen-bond donors (Lipinski definition) is 2. The Morgan fingerprint density at radius 2 is 1.67 bits per heavy atom. The number of rotatable bonds is 7. The average molecular weight is 484 g/mol. The summed E-state index contributed by atoms with van der Waals surface area (Å²) in [5, 5.41) is 5.30. The molecule has 2 amide bonds. The van der Waals surface area contributed by atoms with E-state index in [1.54, 1.807) is 0 Å². The number of carbonyl (C=O) groups excluding carboxylic acids is 2. The van der Waals surface area contributed by atoms with Crippen LogP contribution in [0.1, 0.15) is 25.3 Å². The number of sulfonamides is 1. The second-order valence-electron chi connectivity index (χ2n) is 7.85. The highest BCUT2D eigenvalue weighted by Gasteiger charge is 2.31.